The third-order valence-electron chi connectivity index (χ3n) is 1.86. The van der Waals surface area contributed by atoms with Crippen molar-refractivity contribution in [3.8, 4) is 10.4 Å². The first-order chi connectivity index (χ1) is 5.86. The van der Waals surface area contributed by atoms with Gasteiger partial charge in [-0.3, -0.25) is 0 Å². The second-order valence-corrected chi connectivity index (χ2v) is 3.79. The molecule has 0 bridgehead atoms. The molecule has 0 amide bonds. The Morgan fingerprint density at radius 3 is 2.23 bits per heavy atom. The van der Waals surface area contributed by atoms with E-state index in [9.17, 15) is 0 Å². The quantitative estimate of drug-likeness (QED) is 0.618. The SMILES string of the molecule is Cc1ccc(-c2cccs2)cc1.[NaH]. The molecule has 0 spiro atoms. The van der Waals surface area contributed by atoms with Gasteiger partial charge in [0.25, 0.3) is 0 Å². The van der Waals surface area contributed by atoms with Crippen molar-refractivity contribution in [1.29, 1.82) is 0 Å². The van der Waals surface area contributed by atoms with Gasteiger partial charge >= 0.3 is 29.6 Å². The zero-order valence-electron chi connectivity index (χ0n) is 6.95. The summed E-state index contributed by atoms with van der Waals surface area (Å²) in [6, 6.07) is 12.9. The second kappa shape index (κ2) is 4.97. The van der Waals surface area contributed by atoms with Crippen LogP contribution in [0.15, 0.2) is 41.8 Å². The Bertz CT molecular complexity index is 348. The van der Waals surface area contributed by atoms with Crippen LogP contribution in [0.2, 0.25) is 0 Å². The van der Waals surface area contributed by atoms with Crippen molar-refractivity contribution in [2.75, 3.05) is 0 Å². The van der Waals surface area contributed by atoms with E-state index < -0.39 is 0 Å². The monoisotopic (exact) mass is 198 g/mol. The topological polar surface area (TPSA) is 0 Å². The molecular formula is C11H11NaS. The Kier molecular flexibility index (Phi) is 4.20. The molecule has 13 heavy (non-hydrogen) atoms. The molecule has 2 heteroatoms. The Hall–Kier alpha value is -0.0800. The zero-order valence-corrected chi connectivity index (χ0v) is 7.77. The van der Waals surface area contributed by atoms with Gasteiger partial charge in [-0.1, -0.05) is 35.9 Å². The normalized spacial score (nSPS) is 9.31. The molecule has 0 saturated carbocycles. The van der Waals surface area contributed by atoms with Crippen LogP contribution in [-0.2, 0) is 0 Å². The molecule has 0 fully saturated rings. The van der Waals surface area contributed by atoms with Crippen LogP contribution in [0.3, 0.4) is 0 Å². The van der Waals surface area contributed by atoms with Crippen molar-refractivity contribution in [3.63, 3.8) is 0 Å². The second-order valence-electron chi connectivity index (χ2n) is 2.84. The summed E-state index contributed by atoms with van der Waals surface area (Å²) in [6.45, 7) is 2.11. The van der Waals surface area contributed by atoms with E-state index in [1.165, 1.54) is 16.0 Å². The molecule has 62 valence electrons. The standard InChI is InChI=1S/C11H10S.Na.H/c1-9-4-6-10(7-5-9)11-3-2-8-12-11;;/h2-8H,1H3;;. The van der Waals surface area contributed by atoms with Crippen molar-refractivity contribution in [1.82, 2.24) is 0 Å². The van der Waals surface area contributed by atoms with E-state index in [0.29, 0.717) is 0 Å². The van der Waals surface area contributed by atoms with Gasteiger partial charge in [0.2, 0.25) is 0 Å². The number of benzene rings is 1. The first kappa shape index (κ1) is 11.0. The van der Waals surface area contributed by atoms with Crippen LogP contribution < -0.4 is 0 Å². The number of hydrogen-bond acceptors (Lipinski definition) is 1. The third-order valence-corrected chi connectivity index (χ3v) is 2.78. The van der Waals surface area contributed by atoms with Crippen molar-refractivity contribution in [2.45, 2.75) is 6.92 Å². The van der Waals surface area contributed by atoms with Crippen molar-refractivity contribution < 1.29 is 0 Å². The van der Waals surface area contributed by atoms with Gasteiger partial charge in [0.15, 0.2) is 0 Å². The summed E-state index contributed by atoms with van der Waals surface area (Å²) in [5.74, 6) is 0. The van der Waals surface area contributed by atoms with Crippen LogP contribution in [0.25, 0.3) is 10.4 Å². The molecule has 0 nitrogen and oxygen atoms in total. The van der Waals surface area contributed by atoms with E-state index in [1.54, 1.807) is 11.3 Å². The molecule has 0 aliphatic carbocycles. The summed E-state index contributed by atoms with van der Waals surface area (Å²) in [5.41, 5.74) is 2.63. The Morgan fingerprint density at radius 1 is 1.00 bits per heavy atom. The van der Waals surface area contributed by atoms with Crippen LogP contribution in [0.1, 0.15) is 5.56 Å². The molecular weight excluding hydrogens is 187 g/mol. The van der Waals surface area contributed by atoms with E-state index in [1.807, 2.05) is 0 Å². The van der Waals surface area contributed by atoms with Crippen LogP contribution >= 0.6 is 11.3 Å². The molecule has 1 heterocycles. The molecule has 1 aromatic heterocycles. The van der Waals surface area contributed by atoms with Crippen LogP contribution in [-0.4, -0.2) is 29.6 Å². The predicted molar refractivity (Wildman–Crippen MR) is 61.6 cm³/mol. The molecule has 0 radical (unpaired) electrons. The van der Waals surface area contributed by atoms with E-state index in [2.05, 4.69) is 48.7 Å². The van der Waals surface area contributed by atoms with Crippen molar-refractivity contribution >= 4 is 40.9 Å². The molecule has 0 unspecified atom stereocenters. The fourth-order valence-corrected chi connectivity index (χ4v) is 1.89. The summed E-state index contributed by atoms with van der Waals surface area (Å²) in [4.78, 5) is 1.34. The van der Waals surface area contributed by atoms with E-state index in [4.69, 9.17) is 0 Å². The first-order valence-electron chi connectivity index (χ1n) is 3.97. The third kappa shape index (κ3) is 2.68. The average Bonchev–Trinajstić information content (AvgIpc) is 2.58. The summed E-state index contributed by atoms with van der Waals surface area (Å²) in [7, 11) is 0. The maximum atomic E-state index is 2.17. The molecule has 0 atom stereocenters. The number of thiophene rings is 1. The number of rotatable bonds is 1. The first-order valence-corrected chi connectivity index (χ1v) is 4.85. The molecule has 0 aliphatic heterocycles. The van der Waals surface area contributed by atoms with Gasteiger partial charge in [0.1, 0.15) is 0 Å². The van der Waals surface area contributed by atoms with Gasteiger partial charge in [-0.15, -0.1) is 11.3 Å². The summed E-state index contributed by atoms with van der Waals surface area (Å²) in [6.07, 6.45) is 0. The van der Waals surface area contributed by atoms with Crippen LogP contribution in [0, 0.1) is 6.92 Å². The van der Waals surface area contributed by atoms with Crippen molar-refractivity contribution in [3.05, 3.63) is 47.3 Å². The van der Waals surface area contributed by atoms with Gasteiger partial charge in [-0.2, -0.15) is 0 Å². The summed E-state index contributed by atoms with van der Waals surface area (Å²) >= 11 is 1.78. The van der Waals surface area contributed by atoms with E-state index in [-0.39, 0.29) is 29.6 Å². The summed E-state index contributed by atoms with van der Waals surface area (Å²) in [5, 5.41) is 2.11. The van der Waals surface area contributed by atoms with Crippen LogP contribution in [0.5, 0.6) is 0 Å². The van der Waals surface area contributed by atoms with Crippen LogP contribution in [0.4, 0.5) is 0 Å². The Labute approximate surface area is 105 Å². The van der Waals surface area contributed by atoms with Gasteiger partial charge < -0.3 is 0 Å². The molecule has 0 aliphatic rings. The van der Waals surface area contributed by atoms with Gasteiger partial charge in [-0.25, -0.2) is 0 Å². The number of hydrogen-bond donors (Lipinski definition) is 0. The van der Waals surface area contributed by atoms with Crippen molar-refractivity contribution in [2.24, 2.45) is 0 Å². The molecule has 1 aromatic carbocycles. The maximum absolute atomic E-state index is 2.17. The van der Waals surface area contributed by atoms with E-state index >= 15 is 0 Å². The fourth-order valence-electron chi connectivity index (χ4n) is 1.16. The Balaban J connectivity index is 0.000000845. The molecule has 0 saturated heterocycles. The van der Waals surface area contributed by atoms with Gasteiger partial charge in [-0.05, 0) is 23.9 Å². The molecule has 0 N–H and O–H groups in total. The average molecular weight is 198 g/mol. The zero-order chi connectivity index (χ0) is 8.39. The predicted octanol–water partition coefficient (Wildman–Crippen LogP) is 3.08. The molecule has 2 aromatic rings. The van der Waals surface area contributed by atoms with Gasteiger partial charge in [0, 0.05) is 4.88 Å². The fraction of sp³-hybridized carbons (Fsp3) is 0.0909. The Morgan fingerprint density at radius 2 is 1.69 bits per heavy atom. The number of aryl methyl sites for hydroxylation is 1. The summed E-state index contributed by atoms with van der Waals surface area (Å²) < 4.78 is 0. The minimum atomic E-state index is 0. The van der Waals surface area contributed by atoms with E-state index in [0.717, 1.165) is 0 Å². The van der Waals surface area contributed by atoms with Gasteiger partial charge in [0.05, 0.1) is 0 Å². The minimum absolute atomic E-state index is 0. The molecule has 2 rings (SSSR count).